The molecule has 1 aromatic carbocycles. The van der Waals surface area contributed by atoms with Gasteiger partial charge in [-0.3, -0.25) is 4.79 Å². The van der Waals surface area contributed by atoms with E-state index in [0.29, 0.717) is 5.76 Å². The van der Waals surface area contributed by atoms with Crippen LogP contribution in [0.25, 0.3) is 11.0 Å². The summed E-state index contributed by atoms with van der Waals surface area (Å²) in [6.45, 7) is 7.81. The van der Waals surface area contributed by atoms with Crippen LogP contribution in [0, 0.1) is 12.3 Å². The normalized spacial score (nSPS) is 13.8. The Bertz CT molecular complexity index is 590. The summed E-state index contributed by atoms with van der Waals surface area (Å²) < 4.78 is 5.65. The first-order valence-electron chi connectivity index (χ1n) is 6.09. The van der Waals surface area contributed by atoms with E-state index in [1.54, 1.807) is 6.07 Å². The van der Waals surface area contributed by atoms with Crippen molar-refractivity contribution in [2.75, 3.05) is 0 Å². The van der Waals surface area contributed by atoms with Crippen LogP contribution in [0.5, 0.6) is 0 Å². The van der Waals surface area contributed by atoms with E-state index in [1.165, 1.54) is 0 Å². The van der Waals surface area contributed by atoms with E-state index in [9.17, 15) is 4.79 Å². The molecule has 0 aliphatic rings. The lowest BCUT2D eigenvalue weighted by Crippen LogP contribution is -2.42. The van der Waals surface area contributed by atoms with Gasteiger partial charge in [-0.1, -0.05) is 39.0 Å². The molecule has 18 heavy (non-hydrogen) atoms. The third-order valence-corrected chi connectivity index (χ3v) is 3.20. The molecule has 2 aromatic rings. The molecule has 1 heterocycles. The Morgan fingerprint density at radius 1 is 1.33 bits per heavy atom. The first-order chi connectivity index (χ1) is 8.30. The van der Waals surface area contributed by atoms with E-state index >= 15 is 0 Å². The van der Waals surface area contributed by atoms with Crippen LogP contribution in [-0.2, 0) is 0 Å². The molecule has 0 radical (unpaired) electrons. The Balaban J connectivity index is 2.43. The van der Waals surface area contributed by atoms with Gasteiger partial charge in [0.1, 0.15) is 5.58 Å². The molecule has 0 aliphatic carbocycles. The van der Waals surface area contributed by atoms with Crippen LogP contribution in [0.1, 0.15) is 36.9 Å². The van der Waals surface area contributed by atoms with E-state index in [-0.39, 0.29) is 11.2 Å². The number of Topliss-reactive ketones (excluding diaryl/α,β-unsaturated/α-hetero) is 1. The molecule has 2 rings (SSSR count). The van der Waals surface area contributed by atoms with Gasteiger partial charge < -0.3 is 10.2 Å². The zero-order valence-electron chi connectivity index (χ0n) is 11.3. The van der Waals surface area contributed by atoms with Gasteiger partial charge >= 0.3 is 0 Å². The molecule has 0 fully saturated rings. The lowest BCUT2D eigenvalue weighted by atomic mass is 9.84. The average molecular weight is 245 g/mol. The Kier molecular flexibility index (Phi) is 3.03. The molecule has 0 saturated carbocycles. The molecule has 2 N–H and O–H groups in total. The summed E-state index contributed by atoms with van der Waals surface area (Å²) in [6.07, 6.45) is 0. The van der Waals surface area contributed by atoms with Crippen molar-refractivity contribution in [3.05, 3.63) is 35.6 Å². The number of para-hydroxylation sites is 1. The molecule has 1 aromatic heterocycles. The minimum Gasteiger partial charge on any atom is -0.453 e. The summed E-state index contributed by atoms with van der Waals surface area (Å²) in [5.41, 5.74) is 7.49. The zero-order valence-corrected chi connectivity index (χ0v) is 11.3. The number of aryl methyl sites for hydroxylation is 1. The number of fused-ring (bicyclic) bond motifs is 1. The van der Waals surface area contributed by atoms with E-state index in [0.717, 1.165) is 16.5 Å². The molecule has 1 atom stereocenters. The number of nitrogens with two attached hydrogens (primary N) is 1. The highest BCUT2D eigenvalue weighted by atomic mass is 16.3. The van der Waals surface area contributed by atoms with Gasteiger partial charge in [0.15, 0.2) is 5.76 Å². The molecule has 3 nitrogen and oxygen atoms in total. The van der Waals surface area contributed by atoms with Crippen molar-refractivity contribution in [2.45, 2.75) is 33.7 Å². The van der Waals surface area contributed by atoms with Crippen LogP contribution in [-0.4, -0.2) is 11.8 Å². The third-order valence-electron chi connectivity index (χ3n) is 3.20. The van der Waals surface area contributed by atoms with E-state index < -0.39 is 6.04 Å². The molecule has 0 saturated heterocycles. The second-order valence-corrected chi connectivity index (χ2v) is 5.81. The fraction of sp³-hybridized carbons (Fsp3) is 0.400. The molecule has 3 heteroatoms. The molecular weight excluding hydrogens is 226 g/mol. The molecule has 1 unspecified atom stereocenters. The van der Waals surface area contributed by atoms with E-state index in [4.69, 9.17) is 10.2 Å². The van der Waals surface area contributed by atoms with Crippen LogP contribution in [0.15, 0.2) is 28.7 Å². The Labute approximate surface area is 107 Å². The summed E-state index contributed by atoms with van der Waals surface area (Å²) in [5.74, 6) is 0.208. The van der Waals surface area contributed by atoms with Gasteiger partial charge in [0, 0.05) is 5.39 Å². The number of hydrogen-bond acceptors (Lipinski definition) is 3. The van der Waals surface area contributed by atoms with Gasteiger partial charge in [-0.2, -0.15) is 0 Å². The molecule has 96 valence electrons. The summed E-state index contributed by atoms with van der Waals surface area (Å²) in [5, 5.41) is 0.944. The maximum absolute atomic E-state index is 12.3. The fourth-order valence-corrected chi connectivity index (χ4v) is 1.88. The maximum Gasteiger partial charge on any atom is 0.215 e. The SMILES string of the molecule is Cc1cccc2cc(C(=O)C(N)C(C)(C)C)oc12. The molecule has 0 aliphatic heterocycles. The van der Waals surface area contributed by atoms with Crippen molar-refractivity contribution in [1.82, 2.24) is 0 Å². The highest BCUT2D eigenvalue weighted by molar-refractivity contribution is 6.01. The largest absolute Gasteiger partial charge is 0.453 e. The molecular formula is C15H19NO2. The van der Waals surface area contributed by atoms with Gasteiger partial charge in [-0.05, 0) is 24.0 Å². The first-order valence-corrected chi connectivity index (χ1v) is 6.09. The number of carbonyl (C=O) groups is 1. The van der Waals surface area contributed by atoms with Crippen molar-refractivity contribution in [2.24, 2.45) is 11.1 Å². The highest BCUT2D eigenvalue weighted by Gasteiger charge is 2.30. The second-order valence-electron chi connectivity index (χ2n) is 5.81. The Morgan fingerprint density at radius 2 is 2.00 bits per heavy atom. The number of benzene rings is 1. The van der Waals surface area contributed by atoms with Crippen LogP contribution < -0.4 is 5.73 Å². The van der Waals surface area contributed by atoms with E-state index in [2.05, 4.69) is 0 Å². The highest BCUT2D eigenvalue weighted by Crippen LogP contribution is 2.26. The van der Waals surface area contributed by atoms with Crippen molar-refractivity contribution in [3.63, 3.8) is 0 Å². The number of ketones is 1. The second kappa shape index (κ2) is 4.25. The predicted octanol–water partition coefficient (Wildman–Crippen LogP) is 3.30. The zero-order chi connectivity index (χ0) is 13.5. The first kappa shape index (κ1) is 12.8. The van der Waals surface area contributed by atoms with Gasteiger partial charge in [-0.15, -0.1) is 0 Å². The standard InChI is InChI=1S/C15H19NO2/c1-9-6-5-7-10-8-11(18-13(9)10)12(17)14(16)15(2,3)4/h5-8,14H,16H2,1-4H3. The van der Waals surface area contributed by atoms with Crippen molar-refractivity contribution >= 4 is 16.8 Å². The Hall–Kier alpha value is -1.61. The summed E-state index contributed by atoms with van der Waals surface area (Å²) in [4.78, 5) is 12.3. The maximum atomic E-state index is 12.3. The van der Waals surface area contributed by atoms with Gasteiger partial charge in [0.25, 0.3) is 0 Å². The minimum absolute atomic E-state index is 0.141. The molecule has 0 bridgehead atoms. The van der Waals surface area contributed by atoms with Crippen molar-refractivity contribution in [3.8, 4) is 0 Å². The number of furan rings is 1. The van der Waals surface area contributed by atoms with Crippen molar-refractivity contribution < 1.29 is 9.21 Å². The molecule has 0 spiro atoms. The van der Waals surface area contributed by atoms with Gasteiger partial charge in [0.2, 0.25) is 5.78 Å². The lowest BCUT2D eigenvalue weighted by Gasteiger charge is -2.24. The van der Waals surface area contributed by atoms with E-state index in [1.807, 2.05) is 45.9 Å². The third kappa shape index (κ3) is 2.18. The lowest BCUT2D eigenvalue weighted by molar-refractivity contribution is 0.0875. The van der Waals surface area contributed by atoms with Crippen LogP contribution in [0.4, 0.5) is 0 Å². The number of hydrogen-bond donors (Lipinski definition) is 1. The predicted molar refractivity (Wildman–Crippen MR) is 72.7 cm³/mol. The number of carbonyl (C=O) groups excluding carboxylic acids is 1. The van der Waals surface area contributed by atoms with Crippen molar-refractivity contribution in [1.29, 1.82) is 0 Å². The number of rotatable bonds is 2. The van der Waals surface area contributed by atoms with Gasteiger partial charge in [-0.25, -0.2) is 0 Å². The minimum atomic E-state index is -0.557. The Morgan fingerprint density at radius 3 is 2.56 bits per heavy atom. The average Bonchev–Trinajstić information content (AvgIpc) is 2.71. The summed E-state index contributed by atoms with van der Waals surface area (Å²) in [6, 6.07) is 7.06. The smallest absolute Gasteiger partial charge is 0.215 e. The van der Waals surface area contributed by atoms with Crippen LogP contribution >= 0.6 is 0 Å². The summed E-state index contributed by atoms with van der Waals surface area (Å²) in [7, 11) is 0. The monoisotopic (exact) mass is 245 g/mol. The topological polar surface area (TPSA) is 56.2 Å². The van der Waals surface area contributed by atoms with Crippen LogP contribution in [0.3, 0.4) is 0 Å². The quantitative estimate of drug-likeness (QED) is 0.826. The fourth-order valence-electron chi connectivity index (χ4n) is 1.88. The van der Waals surface area contributed by atoms with Crippen LogP contribution in [0.2, 0.25) is 0 Å². The summed E-state index contributed by atoms with van der Waals surface area (Å²) >= 11 is 0. The van der Waals surface area contributed by atoms with Gasteiger partial charge in [0.05, 0.1) is 6.04 Å². The molecule has 0 amide bonds.